The van der Waals surface area contributed by atoms with Crippen molar-refractivity contribution in [1.82, 2.24) is 14.8 Å². The van der Waals surface area contributed by atoms with Crippen molar-refractivity contribution in [1.29, 1.82) is 0 Å². The Labute approximate surface area is 220 Å². The highest BCUT2D eigenvalue weighted by atomic mass is 32.2. The summed E-state index contributed by atoms with van der Waals surface area (Å²) in [5.41, 5.74) is 2.26. The van der Waals surface area contributed by atoms with Gasteiger partial charge in [-0.2, -0.15) is 4.98 Å². The number of rotatable bonds is 11. The van der Waals surface area contributed by atoms with E-state index < -0.39 is 12.0 Å². The monoisotopic (exact) mass is 526 g/mol. The van der Waals surface area contributed by atoms with Crippen molar-refractivity contribution in [2.45, 2.75) is 51.4 Å². The summed E-state index contributed by atoms with van der Waals surface area (Å²) < 4.78 is 32.7. The van der Waals surface area contributed by atoms with E-state index in [9.17, 15) is 9.18 Å². The summed E-state index contributed by atoms with van der Waals surface area (Å²) in [4.78, 5) is 17.5. The van der Waals surface area contributed by atoms with Gasteiger partial charge in [0, 0.05) is 17.0 Å². The number of allylic oxidation sites excluding steroid dienone is 1. The van der Waals surface area contributed by atoms with Crippen molar-refractivity contribution in [3.8, 4) is 11.5 Å². The number of thioether (sulfide) groups is 1. The topological polar surface area (TPSA) is 87.5 Å². The van der Waals surface area contributed by atoms with Gasteiger partial charge < -0.3 is 19.5 Å². The second kappa shape index (κ2) is 12.1. The van der Waals surface area contributed by atoms with Gasteiger partial charge in [-0.05, 0) is 44.0 Å². The molecule has 2 aromatic carbocycles. The molecular formula is C27H31FN4O4S. The van der Waals surface area contributed by atoms with Crippen LogP contribution in [-0.2, 0) is 16.1 Å². The SMILES string of the molecule is CCCCSc1nc2n(n1)C(c1ccc(OCc3ccccc3F)c(OCC)c1)C(C(=O)OC)=C(C)N2. The lowest BCUT2D eigenvalue weighted by atomic mass is 9.95. The van der Waals surface area contributed by atoms with E-state index in [1.165, 1.54) is 13.2 Å². The largest absolute Gasteiger partial charge is 0.490 e. The quantitative estimate of drug-likeness (QED) is 0.192. The number of esters is 1. The van der Waals surface area contributed by atoms with Gasteiger partial charge in [-0.1, -0.05) is 49.4 Å². The van der Waals surface area contributed by atoms with Gasteiger partial charge in [0.2, 0.25) is 11.1 Å². The first-order chi connectivity index (χ1) is 18.0. The van der Waals surface area contributed by atoms with E-state index in [0.717, 1.165) is 24.2 Å². The van der Waals surface area contributed by atoms with Gasteiger partial charge in [-0.25, -0.2) is 13.9 Å². The van der Waals surface area contributed by atoms with Gasteiger partial charge >= 0.3 is 5.97 Å². The molecule has 1 aliphatic heterocycles. The van der Waals surface area contributed by atoms with Crippen LogP contribution in [0.25, 0.3) is 0 Å². The predicted octanol–water partition coefficient (Wildman–Crippen LogP) is 5.75. The Morgan fingerprint density at radius 2 is 1.97 bits per heavy atom. The zero-order valence-electron chi connectivity index (χ0n) is 21.4. The van der Waals surface area contributed by atoms with Gasteiger partial charge in [-0.3, -0.25) is 0 Å². The molecule has 1 aliphatic rings. The molecule has 0 fully saturated rings. The van der Waals surface area contributed by atoms with E-state index in [-0.39, 0.29) is 12.4 Å². The number of hydrogen-bond donors (Lipinski definition) is 1. The first-order valence-corrected chi connectivity index (χ1v) is 13.2. The number of methoxy groups -OCH3 is 1. The number of halogens is 1. The van der Waals surface area contributed by atoms with Crippen LogP contribution in [-0.4, -0.2) is 40.2 Å². The van der Waals surface area contributed by atoms with E-state index in [4.69, 9.17) is 19.3 Å². The maximum absolute atomic E-state index is 14.1. The zero-order chi connectivity index (χ0) is 26.4. The van der Waals surface area contributed by atoms with Crippen LogP contribution < -0.4 is 14.8 Å². The molecule has 0 spiro atoms. The first-order valence-electron chi connectivity index (χ1n) is 12.2. The normalized spacial score (nSPS) is 14.7. The molecule has 1 unspecified atom stereocenters. The number of carbonyl (C=O) groups excluding carboxylic acids is 1. The Kier molecular flexibility index (Phi) is 8.70. The Bertz CT molecular complexity index is 1290. The summed E-state index contributed by atoms with van der Waals surface area (Å²) >= 11 is 1.58. The van der Waals surface area contributed by atoms with Gasteiger partial charge in [0.05, 0.1) is 19.3 Å². The van der Waals surface area contributed by atoms with Crippen LogP contribution >= 0.6 is 11.8 Å². The van der Waals surface area contributed by atoms with Crippen LogP contribution in [0.1, 0.15) is 50.8 Å². The minimum atomic E-state index is -0.587. The highest BCUT2D eigenvalue weighted by Gasteiger charge is 2.35. The Balaban J connectivity index is 1.71. The number of nitrogens with one attached hydrogen (secondary N) is 1. The van der Waals surface area contributed by atoms with Crippen LogP contribution in [0.15, 0.2) is 58.9 Å². The van der Waals surface area contributed by atoms with Gasteiger partial charge in [0.15, 0.2) is 11.5 Å². The van der Waals surface area contributed by atoms with Crippen molar-refractivity contribution in [2.24, 2.45) is 0 Å². The maximum Gasteiger partial charge on any atom is 0.338 e. The number of benzene rings is 2. The number of carbonyl (C=O) groups is 1. The third kappa shape index (κ3) is 5.90. The number of hydrogen-bond acceptors (Lipinski definition) is 8. The number of ether oxygens (including phenoxy) is 3. The van der Waals surface area contributed by atoms with E-state index in [2.05, 4.69) is 17.2 Å². The van der Waals surface area contributed by atoms with Crippen LogP contribution in [0.4, 0.5) is 10.3 Å². The Morgan fingerprint density at radius 1 is 1.16 bits per heavy atom. The molecule has 1 aromatic heterocycles. The first kappa shape index (κ1) is 26.5. The lowest BCUT2D eigenvalue weighted by Crippen LogP contribution is -2.29. The van der Waals surface area contributed by atoms with Crippen molar-refractivity contribution in [2.75, 3.05) is 24.8 Å². The molecule has 8 nitrogen and oxygen atoms in total. The molecule has 0 aliphatic carbocycles. The van der Waals surface area contributed by atoms with E-state index >= 15 is 0 Å². The van der Waals surface area contributed by atoms with Crippen molar-refractivity contribution in [3.05, 3.63) is 70.7 Å². The smallest absolute Gasteiger partial charge is 0.338 e. The molecule has 37 heavy (non-hydrogen) atoms. The van der Waals surface area contributed by atoms with E-state index in [0.29, 0.717) is 46.0 Å². The maximum atomic E-state index is 14.1. The molecule has 0 radical (unpaired) electrons. The predicted molar refractivity (Wildman–Crippen MR) is 140 cm³/mol. The molecule has 0 saturated carbocycles. The van der Waals surface area contributed by atoms with Gasteiger partial charge in [0.1, 0.15) is 18.5 Å². The van der Waals surface area contributed by atoms with E-state index in [1.54, 1.807) is 40.7 Å². The molecule has 10 heteroatoms. The fraction of sp³-hybridized carbons (Fsp3) is 0.370. The summed E-state index contributed by atoms with van der Waals surface area (Å²) in [5.74, 6) is 1.61. The number of aromatic nitrogens is 3. The number of fused-ring (bicyclic) bond motifs is 1. The summed E-state index contributed by atoms with van der Waals surface area (Å²) in [6.45, 7) is 6.28. The molecule has 196 valence electrons. The van der Waals surface area contributed by atoms with E-state index in [1.807, 2.05) is 26.0 Å². The minimum absolute atomic E-state index is 0.0530. The van der Waals surface area contributed by atoms with Crippen molar-refractivity contribution >= 4 is 23.7 Å². The second-order valence-electron chi connectivity index (χ2n) is 8.44. The number of unbranched alkanes of at least 4 members (excludes halogenated alkanes) is 1. The summed E-state index contributed by atoms with van der Waals surface area (Å²) in [5, 5.41) is 8.54. The van der Waals surface area contributed by atoms with Gasteiger partial charge in [0.25, 0.3) is 0 Å². The van der Waals surface area contributed by atoms with Crippen molar-refractivity contribution < 1.29 is 23.4 Å². The fourth-order valence-electron chi connectivity index (χ4n) is 4.04. The summed E-state index contributed by atoms with van der Waals surface area (Å²) in [7, 11) is 1.35. The third-order valence-electron chi connectivity index (χ3n) is 5.89. The van der Waals surface area contributed by atoms with Crippen LogP contribution in [0.2, 0.25) is 0 Å². The zero-order valence-corrected chi connectivity index (χ0v) is 22.2. The standard InChI is InChI=1S/C27H31FN4O4S/c1-5-7-14-37-27-30-26-29-17(3)23(25(33)34-4)24(32(26)31-27)18-12-13-21(22(15-18)35-6-2)36-16-19-10-8-9-11-20(19)28/h8-13,15,24H,5-7,14,16H2,1-4H3,(H,29,30,31). The lowest BCUT2D eigenvalue weighted by molar-refractivity contribution is -0.136. The highest BCUT2D eigenvalue weighted by molar-refractivity contribution is 7.99. The number of nitrogens with zero attached hydrogens (tertiary/aromatic N) is 3. The molecule has 1 N–H and O–H groups in total. The van der Waals surface area contributed by atoms with Crippen molar-refractivity contribution in [3.63, 3.8) is 0 Å². The average Bonchev–Trinajstić information content (AvgIpc) is 3.30. The molecule has 0 amide bonds. The summed E-state index contributed by atoms with van der Waals surface area (Å²) in [6.07, 6.45) is 2.14. The fourth-order valence-corrected chi connectivity index (χ4v) is 4.95. The molecule has 0 saturated heterocycles. The molecule has 2 heterocycles. The summed E-state index contributed by atoms with van der Waals surface area (Å²) in [6, 6.07) is 11.3. The molecular weight excluding hydrogens is 495 g/mol. The molecule has 3 aromatic rings. The Hall–Kier alpha value is -3.53. The number of anilines is 1. The average molecular weight is 527 g/mol. The third-order valence-corrected chi connectivity index (χ3v) is 6.82. The second-order valence-corrected chi connectivity index (χ2v) is 9.50. The molecule has 1 atom stereocenters. The van der Waals surface area contributed by atoms with Crippen LogP contribution in [0.5, 0.6) is 11.5 Å². The van der Waals surface area contributed by atoms with Crippen LogP contribution in [0.3, 0.4) is 0 Å². The minimum Gasteiger partial charge on any atom is -0.490 e. The molecule has 4 rings (SSSR count). The highest BCUT2D eigenvalue weighted by Crippen LogP contribution is 2.40. The van der Waals surface area contributed by atoms with Gasteiger partial charge in [-0.15, -0.1) is 5.10 Å². The Morgan fingerprint density at radius 3 is 2.70 bits per heavy atom. The molecule has 0 bridgehead atoms. The lowest BCUT2D eigenvalue weighted by Gasteiger charge is -2.28. The van der Waals surface area contributed by atoms with Crippen LogP contribution in [0, 0.1) is 5.82 Å².